The number of piperidine rings is 1. The van der Waals surface area contributed by atoms with Gasteiger partial charge in [0.05, 0.1) is 0 Å². The van der Waals surface area contributed by atoms with Gasteiger partial charge in [-0.2, -0.15) is 0 Å². The molecule has 1 saturated heterocycles. The van der Waals surface area contributed by atoms with Gasteiger partial charge in [0.15, 0.2) is 0 Å². The van der Waals surface area contributed by atoms with E-state index < -0.39 is 0 Å². The number of amides is 1. The number of halogens is 1. The van der Waals surface area contributed by atoms with Crippen LogP contribution in [0.4, 0.5) is 4.39 Å². The van der Waals surface area contributed by atoms with Crippen molar-refractivity contribution >= 4 is 5.91 Å². The molecule has 4 heteroatoms. The first kappa shape index (κ1) is 15.0. The summed E-state index contributed by atoms with van der Waals surface area (Å²) in [5.41, 5.74) is 1.11. The molecular weight excluding hydrogens is 255 g/mol. The van der Waals surface area contributed by atoms with Crippen LogP contribution in [0.15, 0.2) is 24.3 Å². The highest BCUT2D eigenvalue weighted by Gasteiger charge is 2.15. The molecule has 2 rings (SSSR count). The first-order valence-electron chi connectivity index (χ1n) is 7.48. The van der Waals surface area contributed by atoms with E-state index in [9.17, 15) is 9.18 Å². The molecule has 0 atom stereocenters. The van der Waals surface area contributed by atoms with Crippen LogP contribution < -0.4 is 5.32 Å². The van der Waals surface area contributed by atoms with Crippen molar-refractivity contribution in [2.45, 2.75) is 32.1 Å². The first-order valence-corrected chi connectivity index (χ1v) is 7.48. The summed E-state index contributed by atoms with van der Waals surface area (Å²) in [6, 6.07) is 6.57. The van der Waals surface area contributed by atoms with Crippen molar-refractivity contribution in [2.24, 2.45) is 0 Å². The highest BCUT2D eigenvalue weighted by Crippen LogP contribution is 2.09. The van der Waals surface area contributed by atoms with Gasteiger partial charge >= 0.3 is 0 Å². The van der Waals surface area contributed by atoms with Crippen molar-refractivity contribution in [3.63, 3.8) is 0 Å². The second-order valence-corrected chi connectivity index (χ2v) is 5.32. The molecule has 0 aliphatic carbocycles. The number of rotatable bonds is 6. The van der Waals surface area contributed by atoms with E-state index in [2.05, 4.69) is 5.32 Å². The summed E-state index contributed by atoms with van der Waals surface area (Å²) in [6.45, 7) is 3.39. The minimum Gasteiger partial charge on any atom is -0.343 e. The maximum atomic E-state index is 12.7. The van der Waals surface area contributed by atoms with Gasteiger partial charge < -0.3 is 10.2 Å². The zero-order valence-corrected chi connectivity index (χ0v) is 11.9. The lowest BCUT2D eigenvalue weighted by Crippen LogP contribution is -2.37. The predicted molar refractivity (Wildman–Crippen MR) is 78.0 cm³/mol. The predicted octanol–water partition coefficient (Wildman–Crippen LogP) is 2.36. The van der Waals surface area contributed by atoms with Crippen LogP contribution in [0.1, 0.15) is 31.2 Å². The Kier molecular flexibility index (Phi) is 5.99. The number of benzene rings is 1. The maximum absolute atomic E-state index is 12.7. The number of hydrogen-bond acceptors (Lipinski definition) is 2. The zero-order chi connectivity index (χ0) is 14.2. The van der Waals surface area contributed by atoms with E-state index in [1.165, 1.54) is 18.6 Å². The van der Waals surface area contributed by atoms with Gasteiger partial charge in [-0.25, -0.2) is 4.39 Å². The van der Waals surface area contributed by atoms with Crippen LogP contribution in [0.25, 0.3) is 0 Å². The van der Waals surface area contributed by atoms with Gasteiger partial charge in [-0.3, -0.25) is 4.79 Å². The van der Waals surface area contributed by atoms with Crippen LogP contribution in [-0.4, -0.2) is 37.0 Å². The summed E-state index contributed by atoms with van der Waals surface area (Å²) in [6.07, 6.45) is 4.97. The Morgan fingerprint density at radius 2 is 1.80 bits per heavy atom. The average molecular weight is 278 g/mol. The summed E-state index contributed by atoms with van der Waals surface area (Å²) in [4.78, 5) is 13.9. The third-order valence-electron chi connectivity index (χ3n) is 3.73. The molecule has 0 spiro atoms. The molecule has 1 aliphatic heterocycles. The van der Waals surface area contributed by atoms with Gasteiger partial charge in [0, 0.05) is 26.1 Å². The molecule has 1 fully saturated rings. The number of nitrogens with one attached hydrogen (secondary N) is 1. The second-order valence-electron chi connectivity index (χ2n) is 5.32. The van der Waals surface area contributed by atoms with Crippen molar-refractivity contribution in [1.29, 1.82) is 0 Å². The van der Waals surface area contributed by atoms with Gasteiger partial charge in [0.25, 0.3) is 0 Å². The van der Waals surface area contributed by atoms with E-state index in [0.717, 1.165) is 51.0 Å². The number of carbonyl (C=O) groups is 1. The molecule has 0 unspecified atom stereocenters. The number of hydrogen-bond donors (Lipinski definition) is 1. The molecule has 0 bridgehead atoms. The fourth-order valence-electron chi connectivity index (χ4n) is 2.51. The molecule has 0 saturated carbocycles. The molecule has 3 nitrogen and oxygen atoms in total. The van der Waals surface area contributed by atoms with Gasteiger partial charge in [0.2, 0.25) is 5.91 Å². The van der Waals surface area contributed by atoms with Gasteiger partial charge in [0.1, 0.15) is 5.82 Å². The lowest BCUT2D eigenvalue weighted by molar-refractivity contribution is -0.131. The molecule has 0 radical (unpaired) electrons. The number of likely N-dealkylation sites (tertiary alicyclic amines) is 1. The summed E-state index contributed by atoms with van der Waals surface area (Å²) < 4.78 is 12.7. The largest absolute Gasteiger partial charge is 0.343 e. The average Bonchev–Trinajstić information content (AvgIpc) is 2.49. The van der Waals surface area contributed by atoms with E-state index >= 15 is 0 Å². The highest BCUT2D eigenvalue weighted by atomic mass is 19.1. The van der Waals surface area contributed by atoms with Crippen molar-refractivity contribution < 1.29 is 9.18 Å². The van der Waals surface area contributed by atoms with Gasteiger partial charge in [-0.15, -0.1) is 0 Å². The minimum atomic E-state index is -0.200. The monoisotopic (exact) mass is 278 g/mol. The zero-order valence-electron chi connectivity index (χ0n) is 11.9. The van der Waals surface area contributed by atoms with Crippen LogP contribution in [-0.2, 0) is 11.2 Å². The Hall–Kier alpha value is -1.42. The third kappa shape index (κ3) is 4.93. The lowest BCUT2D eigenvalue weighted by Gasteiger charge is -2.26. The molecule has 1 aromatic carbocycles. The normalized spacial score (nSPS) is 15.3. The topological polar surface area (TPSA) is 32.3 Å². The molecule has 110 valence electrons. The van der Waals surface area contributed by atoms with Crippen molar-refractivity contribution in [3.05, 3.63) is 35.6 Å². The molecule has 20 heavy (non-hydrogen) atoms. The molecular formula is C16H23FN2O. The SMILES string of the molecule is O=C(CCNCCc1ccc(F)cc1)N1CCCCC1. The highest BCUT2D eigenvalue weighted by molar-refractivity contribution is 5.76. The summed E-state index contributed by atoms with van der Waals surface area (Å²) >= 11 is 0. The number of nitrogens with zero attached hydrogens (tertiary/aromatic N) is 1. The van der Waals surface area contributed by atoms with Crippen molar-refractivity contribution in [3.8, 4) is 0 Å². The summed E-state index contributed by atoms with van der Waals surface area (Å²) in [7, 11) is 0. The van der Waals surface area contributed by atoms with Crippen molar-refractivity contribution in [1.82, 2.24) is 10.2 Å². The van der Waals surface area contributed by atoms with Gasteiger partial charge in [-0.05, 0) is 49.9 Å². The van der Waals surface area contributed by atoms with E-state index in [-0.39, 0.29) is 11.7 Å². The van der Waals surface area contributed by atoms with Crippen LogP contribution in [0.2, 0.25) is 0 Å². The Balaban J connectivity index is 1.57. The van der Waals surface area contributed by atoms with Gasteiger partial charge in [-0.1, -0.05) is 12.1 Å². The molecule has 0 aromatic heterocycles. The Labute approximate surface area is 120 Å². The molecule has 1 aromatic rings. The van der Waals surface area contributed by atoms with E-state index in [0.29, 0.717) is 6.42 Å². The molecule has 1 aliphatic rings. The van der Waals surface area contributed by atoms with Crippen LogP contribution in [0.5, 0.6) is 0 Å². The standard InChI is InChI=1S/C16H23FN2O/c17-15-6-4-14(5-7-15)8-10-18-11-9-16(20)19-12-2-1-3-13-19/h4-7,18H,1-3,8-13H2. The minimum absolute atomic E-state index is 0.200. The van der Waals surface area contributed by atoms with Crippen LogP contribution >= 0.6 is 0 Å². The first-order chi connectivity index (χ1) is 9.75. The van der Waals surface area contributed by atoms with E-state index in [1.807, 2.05) is 4.90 Å². The van der Waals surface area contributed by atoms with Crippen LogP contribution in [0, 0.1) is 5.82 Å². The van der Waals surface area contributed by atoms with E-state index in [4.69, 9.17) is 0 Å². The summed E-state index contributed by atoms with van der Waals surface area (Å²) in [5, 5.41) is 3.28. The quantitative estimate of drug-likeness (QED) is 0.810. The molecule has 1 heterocycles. The second kappa shape index (κ2) is 8.00. The molecule has 1 N–H and O–H groups in total. The Bertz CT molecular complexity index is 413. The third-order valence-corrected chi connectivity index (χ3v) is 3.73. The van der Waals surface area contributed by atoms with Crippen LogP contribution in [0.3, 0.4) is 0 Å². The van der Waals surface area contributed by atoms with Crippen molar-refractivity contribution in [2.75, 3.05) is 26.2 Å². The smallest absolute Gasteiger partial charge is 0.223 e. The fourth-order valence-corrected chi connectivity index (χ4v) is 2.51. The fraction of sp³-hybridized carbons (Fsp3) is 0.562. The maximum Gasteiger partial charge on any atom is 0.223 e. The Morgan fingerprint density at radius 1 is 1.10 bits per heavy atom. The Morgan fingerprint density at radius 3 is 2.50 bits per heavy atom. The van der Waals surface area contributed by atoms with E-state index in [1.54, 1.807) is 12.1 Å². The molecule has 1 amide bonds. The number of carbonyl (C=O) groups excluding carboxylic acids is 1. The summed E-state index contributed by atoms with van der Waals surface area (Å²) in [5.74, 6) is 0.0628. The lowest BCUT2D eigenvalue weighted by atomic mass is 10.1.